The van der Waals surface area contributed by atoms with E-state index in [9.17, 15) is 0 Å². The van der Waals surface area contributed by atoms with Gasteiger partial charge in [0.15, 0.2) is 0 Å². The lowest BCUT2D eigenvalue weighted by atomic mass is 9.80. The highest BCUT2D eigenvalue weighted by molar-refractivity contribution is 7.18. The first-order chi connectivity index (χ1) is 9.72. The summed E-state index contributed by atoms with van der Waals surface area (Å²) in [6, 6.07) is 9.10. The molecule has 108 valence electrons. The summed E-state index contributed by atoms with van der Waals surface area (Å²) in [5.41, 5.74) is 1.14. The van der Waals surface area contributed by atoms with Crippen molar-refractivity contribution < 1.29 is 0 Å². The summed E-state index contributed by atoms with van der Waals surface area (Å²) in [5.74, 6) is 1.79. The number of para-hydroxylation sites is 1. The van der Waals surface area contributed by atoms with Gasteiger partial charge >= 0.3 is 0 Å². The molecular weight excluding hydrogens is 264 g/mol. The lowest BCUT2D eigenvalue weighted by molar-refractivity contribution is 0.238. The van der Waals surface area contributed by atoms with Crippen LogP contribution in [-0.2, 0) is 6.54 Å². The second kappa shape index (κ2) is 6.23. The maximum absolute atomic E-state index is 4.70. The van der Waals surface area contributed by atoms with Crippen molar-refractivity contribution >= 4 is 21.6 Å². The number of hydrogen-bond acceptors (Lipinski definition) is 3. The summed E-state index contributed by atoms with van der Waals surface area (Å²) in [5, 5.41) is 4.93. The van der Waals surface area contributed by atoms with Crippen LogP contribution >= 0.6 is 11.3 Å². The minimum absolute atomic E-state index is 0.692. The molecule has 3 rings (SSSR count). The summed E-state index contributed by atoms with van der Waals surface area (Å²) in [7, 11) is 0. The van der Waals surface area contributed by atoms with Crippen molar-refractivity contribution in [3.8, 4) is 0 Å². The Hall–Kier alpha value is -0.930. The van der Waals surface area contributed by atoms with Gasteiger partial charge in [-0.05, 0) is 49.7 Å². The smallest absolute Gasteiger partial charge is 0.108 e. The molecule has 0 spiro atoms. The number of fused-ring (bicyclic) bond motifs is 1. The monoisotopic (exact) mass is 288 g/mol. The Labute approximate surface area is 125 Å². The topological polar surface area (TPSA) is 24.9 Å². The van der Waals surface area contributed by atoms with Crippen molar-refractivity contribution in [3.05, 3.63) is 29.3 Å². The van der Waals surface area contributed by atoms with Crippen molar-refractivity contribution in [1.82, 2.24) is 10.3 Å². The molecule has 2 nitrogen and oxygen atoms in total. The second-order valence-corrected chi connectivity index (χ2v) is 7.43. The van der Waals surface area contributed by atoms with E-state index in [1.54, 1.807) is 0 Å². The van der Waals surface area contributed by atoms with Crippen LogP contribution in [0, 0.1) is 11.8 Å². The highest BCUT2D eigenvalue weighted by atomic mass is 32.1. The molecule has 0 radical (unpaired) electrons. The van der Waals surface area contributed by atoms with E-state index in [1.807, 2.05) is 11.3 Å². The van der Waals surface area contributed by atoms with Crippen LogP contribution in [0.25, 0.3) is 10.2 Å². The number of rotatable bonds is 4. The molecule has 0 amide bonds. The van der Waals surface area contributed by atoms with Gasteiger partial charge in [0.25, 0.3) is 0 Å². The van der Waals surface area contributed by atoms with Crippen molar-refractivity contribution in [2.75, 3.05) is 0 Å². The molecule has 20 heavy (non-hydrogen) atoms. The number of hydrogen-bond donors (Lipinski definition) is 1. The van der Waals surface area contributed by atoms with Crippen molar-refractivity contribution in [3.63, 3.8) is 0 Å². The molecule has 1 saturated carbocycles. The van der Waals surface area contributed by atoms with Crippen molar-refractivity contribution in [2.45, 2.75) is 52.1 Å². The average Bonchev–Trinajstić information content (AvgIpc) is 2.88. The summed E-state index contributed by atoms with van der Waals surface area (Å²) in [4.78, 5) is 4.70. The normalized spacial score (nSPS) is 23.6. The Bertz CT molecular complexity index is 520. The molecule has 0 aliphatic heterocycles. The summed E-state index contributed by atoms with van der Waals surface area (Å²) in [6.07, 6.45) is 5.42. The average molecular weight is 288 g/mol. The fraction of sp³-hybridized carbons (Fsp3) is 0.588. The van der Waals surface area contributed by atoms with E-state index in [0.29, 0.717) is 6.04 Å². The van der Waals surface area contributed by atoms with Gasteiger partial charge in [0.1, 0.15) is 5.01 Å². The van der Waals surface area contributed by atoms with Gasteiger partial charge in [0.2, 0.25) is 0 Å². The molecule has 3 heteroatoms. The maximum Gasteiger partial charge on any atom is 0.108 e. The highest BCUT2D eigenvalue weighted by Gasteiger charge is 2.22. The fourth-order valence-corrected chi connectivity index (χ4v) is 4.14. The highest BCUT2D eigenvalue weighted by Crippen LogP contribution is 2.30. The lowest BCUT2D eigenvalue weighted by Gasteiger charge is -2.31. The van der Waals surface area contributed by atoms with Gasteiger partial charge in [0.05, 0.1) is 10.2 Å². The molecule has 2 aromatic rings. The largest absolute Gasteiger partial charge is 0.308 e. The van der Waals surface area contributed by atoms with Gasteiger partial charge in [-0.15, -0.1) is 11.3 Å². The van der Waals surface area contributed by atoms with Gasteiger partial charge in [-0.25, -0.2) is 4.98 Å². The predicted molar refractivity (Wildman–Crippen MR) is 87.0 cm³/mol. The number of nitrogens with zero attached hydrogens (tertiary/aromatic N) is 1. The van der Waals surface area contributed by atoms with Crippen molar-refractivity contribution in [1.29, 1.82) is 0 Å². The predicted octanol–water partition coefficient (Wildman–Crippen LogP) is 4.60. The Morgan fingerprint density at radius 3 is 2.65 bits per heavy atom. The first-order valence-corrected chi connectivity index (χ1v) is 8.62. The first kappa shape index (κ1) is 14.0. The van der Waals surface area contributed by atoms with Gasteiger partial charge in [0, 0.05) is 12.6 Å². The first-order valence-electron chi connectivity index (χ1n) is 7.80. The molecule has 1 aromatic heterocycles. The van der Waals surface area contributed by atoms with E-state index in [1.165, 1.54) is 35.4 Å². The maximum atomic E-state index is 4.70. The van der Waals surface area contributed by atoms with Gasteiger partial charge < -0.3 is 5.32 Å². The zero-order valence-corrected chi connectivity index (χ0v) is 13.2. The van der Waals surface area contributed by atoms with Crippen LogP contribution in [0.15, 0.2) is 24.3 Å². The van der Waals surface area contributed by atoms with Crippen molar-refractivity contribution in [2.24, 2.45) is 11.8 Å². The molecule has 0 unspecified atom stereocenters. The second-order valence-electron chi connectivity index (χ2n) is 6.31. The van der Waals surface area contributed by atoms with Crippen LogP contribution in [0.3, 0.4) is 0 Å². The molecule has 1 aliphatic carbocycles. The van der Waals surface area contributed by atoms with Gasteiger partial charge in [-0.3, -0.25) is 0 Å². The van der Waals surface area contributed by atoms with E-state index in [4.69, 9.17) is 4.98 Å². The van der Waals surface area contributed by atoms with Crippen LogP contribution in [0.2, 0.25) is 0 Å². The number of nitrogens with one attached hydrogen (secondary N) is 1. The summed E-state index contributed by atoms with van der Waals surface area (Å²) in [6.45, 7) is 5.65. The third-order valence-corrected chi connectivity index (χ3v) is 5.63. The SMILES string of the molecule is CC(C)C1CCC(NCc2nc3ccccc3s2)CC1. The third kappa shape index (κ3) is 3.21. The Morgan fingerprint density at radius 1 is 1.20 bits per heavy atom. The molecule has 1 aliphatic rings. The van der Waals surface area contributed by atoms with Crippen LogP contribution in [0.4, 0.5) is 0 Å². The van der Waals surface area contributed by atoms with Gasteiger partial charge in [-0.1, -0.05) is 26.0 Å². The molecule has 1 N–H and O–H groups in total. The number of aromatic nitrogens is 1. The summed E-state index contributed by atoms with van der Waals surface area (Å²) < 4.78 is 1.30. The fourth-order valence-electron chi connectivity index (χ4n) is 3.22. The molecular formula is C17H24N2S. The van der Waals surface area contributed by atoms with E-state index in [2.05, 4.69) is 43.4 Å². The van der Waals surface area contributed by atoms with Crippen LogP contribution in [0.5, 0.6) is 0 Å². The minimum Gasteiger partial charge on any atom is -0.308 e. The molecule has 1 fully saturated rings. The minimum atomic E-state index is 0.692. The van der Waals surface area contributed by atoms with E-state index < -0.39 is 0 Å². The summed E-state index contributed by atoms with van der Waals surface area (Å²) >= 11 is 1.82. The third-order valence-electron chi connectivity index (χ3n) is 4.59. The van der Waals surface area contributed by atoms with Crippen LogP contribution in [-0.4, -0.2) is 11.0 Å². The Balaban J connectivity index is 1.52. The lowest BCUT2D eigenvalue weighted by Crippen LogP contribution is -2.33. The molecule has 0 atom stereocenters. The van der Waals surface area contributed by atoms with E-state index in [-0.39, 0.29) is 0 Å². The zero-order chi connectivity index (χ0) is 13.9. The van der Waals surface area contributed by atoms with Gasteiger partial charge in [-0.2, -0.15) is 0 Å². The van der Waals surface area contributed by atoms with Crippen LogP contribution in [0.1, 0.15) is 44.5 Å². The molecule has 0 bridgehead atoms. The Kier molecular flexibility index (Phi) is 4.37. The molecule has 0 saturated heterocycles. The molecule has 1 heterocycles. The standard InChI is InChI=1S/C17H24N2S/c1-12(2)13-7-9-14(10-8-13)18-11-17-19-15-5-3-4-6-16(15)20-17/h3-6,12-14,18H,7-11H2,1-2H3. The Morgan fingerprint density at radius 2 is 1.95 bits per heavy atom. The van der Waals surface area contributed by atoms with E-state index in [0.717, 1.165) is 23.9 Å². The van der Waals surface area contributed by atoms with Crippen LogP contribution < -0.4 is 5.32 Å². The molecule has 1 aromatic carbocycles. The number of thiazole rings is 1. The quantitative estimate of drug-likeness (QED) is 0.889. The van der Waals surface area contributed by atoms with E-state index >= 15 is 0 Å². The number of benzene rings is 1. The zero-order valence-electron chi connectivity index (χ0n) is 12.4.